The van der Waals surface area contributed by atoms with Crippen molar-refractivity contribution in [3.8, 4) is 33.3 Å². The average Bonchev–Trinajstić information content (AvgIpc) is 2.22. The molecule has 4 aromatic heterocycles. The number of β-amino-alcohol motifs (C(OH)–C–C–N with tert-alkyl or cyclic N) is 1. The lowest BCUT2D eigenvalue weighted by atomic mass is 9.57. The number of anilines is 4. The number of benzene rings is 2. The van der Waals surface area contributed by atoms with Crippen LogP contribution in [0.4, 0.5) is 23.0 Å². The molecule has 6 aromatic rings. The number of nitrogens with one attached hydrogen (secondary N) is 1. The molecule has 2 saturated carbocycles. The number of nitrogens with two attached hydrogens (primary N) is 1. The van der Waals surface area contributed by atoms with Crippen molar-refractivity contribution in [3.05, 3.63) is 102 Å². The number of thiazole rings is 1. The lowest BCUT2D eigenvalue weighted by molar-refractivity contribution is -0.141. The van der Waals surface area contributed by atoms with E-state index in [0.29, 0.717) is 52.3 Å². The van der Waals surface area contributed by atoms with Crippen molar-refractivity contribution in [2.75, 3.05) is 72.8 Å². The maximum absolute atomic E-state index is 14.4. The van der Waals surface area contributed by atoms with Crippen LogP contribution in [0.5, 0.6) is 11.6 Å². The van der Waals surface area contributed by atoms with E-state index < -0.39 is 18.1 Å². The van der Waals surface area contributed by atoms with E-state index in [1.54, 1.807) is 28.4 Å². The number of aryl methyl sites for hydroxylation is 1. The van der Waals surface area contributed by atoms with Crippen LogP contribution in [0.2, 0.25) is 0 Å². The molecule has 2 aromatic carbocycles. The molecule has 20 heteroatoms. The highest BCUT2D eigenvalue weighted by Crippen LogP contribution is 2.53. The first-order chi connectivity index (χ1) is 40.7. The summed E-state index contributed by atoms with van der Waals surface area (Å²) in [7, 11) is 0. The third-order valence-corrected chi connectivity index (χ3v) is 20.6. The molecule has 6 atom stereocenters. The molecule has 2 amide bonds. The van der Waals surface area contributed by atoms with Crippen molar-refractivity contribution in [2.24, 2.45) is 17.3 Å². The molecule has 5 aliphatic heterocycles. The molecule has 2 aliphatic carbocycles. The summed E-state index contributed by atoms with van der Waals surface area (Å²) in [5.41, 5.74) is 14.9. The number of phenolic OH excluding ortho intramolecular Hbond substituents is 1. The topological polar surface area (TPSA) is 225 Å². The highest BCUT2D eigenvalue weighted by molar-refractivity contribution is 7.13. The number of ether oxygens (including phenoxy) is 2. The second-order valence-corrected chi connectivity index (χ2v) is 26.5. The van der Waals surface area contributed by atoms with Crippen molar-refractivity contribution in [2.45, 2.75) is 153 Å². The van der Waals surface area contributed by atoms with Crippen LogP contribution < -0.4 is 30.5 Å². The minimum absolute atomic E-state index is 0.0912. The van der Waals surface area contributed by atoms with E-state index in [2.05, 4.69) is 62.4 Å². The summed E-state index contributed by atoms with van der Waals surface area (Å²) < 4.78 is 19.1. The SMILES string of the molecule is Cc1ncsc1-c1ccc([C@H](C)NC(=O)[C@@H]2C[C@@H](O)CN2C(=O)[C@@H](c2cc(N3CCC4(CC3)CC(CN3CCC(OC5CC(Oc6cc(N7C8CC[C@@H]7CN(c7cc(-c9ccccc9O)nnc7N)C8)ccn6)C5)CC3)C4)no2)C(C)C)cc1. The number of piperidine rings is 2. The molecule has 5 saturated heterocycles. The third-order valence-electron chi connectivity index (χ3n) is 19.6. The monoisotopic (exact) mass is 1160 g/mol. The number of rotatable bonds is 17. The first kappa shape index (κ1) is 56.3. The molecule has 1 spiro atoms. The molecule has 7 aliphatic rings. The fourth-order valence-corrected chi connectivity index (χ4v) is 15.8. The highest BCUT2D eigenvalue weighted by Gasteiger charge is 2.48. The molecule has 7 fully saturated rings. The number of carbonyl (C=O) groups excluding carboxylic acids is 2. The summed E-state index contributed by atoms with van der Waals surface area (Å²) in [5, 5.41) is 37.5. The van der Waals surface area contributed by atoms with Gasteiger partial charge < -0.3 is 59.8 Å². The molecular formula is C64H80N12O7S. The predicted molar refractivity (Wildman–Crippen MR) is 323 cm³/mol. The lowest BCUT2D eigenvalue weighted by Crippen LogP contribution is -2.54. The van der Waals surface area contributed by atoms with E-state index in [0.717, 1.165) is 142 Å². The molecule has 1 unspecified atom stereocenters. The number of aliphatic hydroxyl groups excluding tert-OH is 1. The van der Waals surface area contributed by atoms with E-state index in [4.69, 9.17) is 19.7 Å². The Morgan fingerprint density at radius 2 is 1.61 bits per heavy atom. The van der Waals surface area contributed by atoms with Crippen LogP contribution in [0.25, 0.3) is 21.7 Å². The zero-order chi connectivity index (χ0) is 57.8. The van der Waals surface area contributed by atoms with Crippen LogP contribution in [-0.2, 0) is 14.3 Å². The van der Waals surface area contributed by atoms with Crippen molar-refractivity contribution in [1.29, 1.82) is 0 Å². The second kappa shape index (κ2) is 23.5. The number of hydrogen-bond acceptors (Lipinski definition) is 18. The van der Waals surface area contributed by atoms with E-state index in [9.17, 15) is 19.8 Å². The summed E-state index contributed by atoms with van der Waals surface area (Å²) in [5.74, 6) is 1.95. The zero-order valence-corrected chi connectivity index (χ0v) is 49.6. The smallest absolute Gasteiger partial charge is 0.243 e. The largest absolute Gasteiger partial charge is 0.507 e. The number of pyridine rings is 1. The number of likely N-dealkylation sites (tertiary alicyclic amines) is 2. The van der Waals surface area contributed by atoms with Crippen molar-refractivity contribution in [3.63, 3.8) is 0 Å². The van der Waals surface area contributed by atoms with Crippen LogP contribution in [0.3, 0.4) is 0 Å². The number of fused-ring (bicyclic) bond motifs is 2. The van der Waals surface area contributed by atoms with Crippen molar-refractivity contribution >= 4 is 46.2 Å². The quantitative estimate of drug-likeness (QED) is 0.0670. The number of phenols is 1. The number of carbonyl (C=O) groups is 2. The van der Waals surface area contributed by atoms with Gasteiger partial charge in [-0.3, -0.25) is 9.59 Å². The van der Waals surface area contributed by atoms with Crippen LogP contribution in [0.15, 0.2) is 89.0 Å². The molecule has 84 heavy (non-hydrogen) atoms. The Hall–Kier alpha value is -6.87. The van der Waals surface area contributed by atoms with Gasteiger partial charge in [-0.15, -0.1) is 21.5 Å². The van der Waals surface area contributed by atoms with E-state index in [1.807, 2.05) is 87.9 Å². The Balaban J connectivity index is 0.524. The van der Waals surface area contributed by atoms with Gasteiger partial charge in [-0.1, -0.05) is 55.4 Å². The number of aromatic hydroxyl groups is 1. The first-order valence-electron chi connectivity index (χ1n) is 30.7. The average molecular weight is 1160 g/mol. The number of amides is 2. The van der Waals surface area contributed by atoms with Gasteiger partial charge in [-0.2, -0.15) is 0 Å². The highest BCUT2D eigenvalue weighted by atomic mass is 32.1. The van der Waals surface area contributed by atoms with Gasteiger partial charge in [0.15, 0.2) is 17.4 Å². The Bertz CT molecular complexity index is 3280. The normalized spacial score (nSPS) is 25.2. The predicted octanol–water partition coefficient (Wildman–Crippen LogP) is 8.77. The van der Waals surface area contributed by atoms with E-state index in [-0.39, 0.29) is 54.7 Å². The lowest BCUT2D eigenvalue weighted by Gasteiger charge is -2.53. The Labute approximate surface area is 495 Å². The standard InChI is InChI=1S/C64H80N12O7S/c1-38(2)59(63(80)75-36-47(77)26-54(75)62(79)68-39(3)42-9-11-43(12-10-42)60-40(4)67-37-84-60)56-30-57(71-83-56)73-23-18-64(19-24-73)31-41(32-64)33-72-21-16-48(17-22-72)81-49-27-50(28-49)82-58-25-44(15-20-66-58)76-45-13-14-46(76)35-74(34-45)53-29-52(69-70-61(53)65)51-7-5-6-8-55(51)78/h5-12,15,20,25,29-30,37-39,41,45-50,54,59,77-78H,13-14,16-19,21-24,26-28,31-36H2,1-4H3,(H2,65,70)(H,68,79)/t39-,45+,46?,47+,49?,50?,54-,59+/m0/s1. The van der Waals surface area contributed by atoms with Gasteiger partial charge in [0.2, 0.25) is 17.7 Å². The van der Waals surface area contributed by atoms with Gasteiger partial charge in [0.1, 0.15) is 23.8 Å². The molecule has 2 bridgehead atoms. The maximum Gasteiger partial charge on any atom is 0.243 e. The Kier molecular flexibility index (Phi) is 15.8. The Morgan fingerprint density at radius 1 is 0.857 bits per heavy atom. The molecule has 9 heterocycles. The summed E-state index contributed by atoms with van der Waals surface area (Å²) in [6, 6.07) is 22.9. The van der Waals surface area contributed by atoms with Crippen molar-refractivity contribution in [1.82, 2.24) is 40.4 Å². The van der Waals surface area contributed by atoms with Gasteiger partial charge in [0.05, 0.1) is 51.8 Å². The van der Waals surface area contributed by atoms with Crippen LogP contribution >= 0.6 is 11.3 Å². The van der Waals surface area contributed by atoms with Gasteiger partial charge in [-0.25, -0.2) is 9.97 Å². The molecular weight excluding hydrogens is 1080 g/mol. The van der Waals surface area contributed by atoms with Gasteiger partial charge in [-0.05, 0) is 118 Å². The third kappa shape index (κ3) is 11.5. The summed E-state index contributed by atoms with van der Waals surface area (Å²) in [6.07, 6.45) is 12.7. The number of hydrogen-bond donors (Lipinski definition) is 4. The molecule has 19 nitrogen and oxygen atoms in total. The van der Waals surface area contributed by atoms with Gasteiger partial charge >= 0.3 is 0 Å². The second-order valence-electron chi connectivity index (χ2n) is 25.6. The van der Waals surface area contributed by atoms with Gasteiger partial charge in [0.25, 0.3) is 0 Å². The molecule has 5 N–H and O–H groups in total. The number of nitrogen functional groups attached to an aromatic ring is 1. The number of piperazine rings is 1. The minimum Gasteiger partial charge on any atom is -0.507 e. The fourth-order valence-electron chi connectivity index (χ4n) is 15.0. The molecule has 444 valence electrons. The fraction of sp³-hybridized carbons (Fsp3) is 0.547. The van der Waals surface area contributed by atoms with E-state index >= 15 is 0 Å². The summed E-state index contributed by atoms with van der Waals surface area (Å²) >= 11 is 1.60. The van der Waals surface area contributed by atoms with E-state index in [1.165, 1.54) is 12.8 Å². The van der Waals surface area contributed by atoms with Crippen molar-refractivity contribution < 1.29 is 33.8 Å². The van der Waals surface area contributed by atoms with Crippen LogP contribution in [0, 0.1) is 24.2 Å². The molecule has 0 radical (unpaired) electrons. The van der Waals surface area contributed by atoms with Crippen LogP contribution in [0.1, 0.15) is 120 Å². The minimum atomic E-state index is -0.797. The Morgan fingerprint density at radius 3 is 2.32 bits per heavy atom. The molecule has 13 rings (SSSR count). The van der Waals surface area contributed by atoms with Gasteiger partial charge in [0, 0.05) is 113 Å². The number of aliphatic hydroxyl groups is 1. The summed E-state index contributed by atoms with van der Waals surface area (Å²) in [6.45, 7) is 14.7. The van der Waals surface area contributed by atoms with Crippen LogP contribution in [-0.4, -0.2) is 152 Å². The maximum atomic E-state index is 14.4. The summed E-state index contributed by atoms with van der Waals surface area (Å²) in [4.78, 5) is 49.8. The number of nitrogens with zero attached hydrogens (tertiary/aromatic N) is 10. The zero-order valence-electron chi connectivity index (χ0n) is 48.8. The number of para-hydroxylation sites is 1. The number of aromatic nitrogens is 5. The first-order valence-corrected chi connectivity index (χ1v) is 31.5.